The van der Waals surface area contributed by atoms with Crippen molar-refractivity contribution < 1.29 is 5.11 Å². The minimum Gasteiger partial charge on any atom is -0.508 e. The molecular formula is C19H20N2O. The highest BCUT2D eigenvalue weighted by molar-refractivity contribution is 5.98. The van der Waals surface area contributed by atoms with Gasteiger partial charge in [-0.25, -0.2) is 0 Å². The zero-order valence-corrected chi connectivity index (χ0v) is 13.4. The number of aryl methyl sites for hydroxylation is 1. The molecule has 1 N–H and O–H groups in total. The van der Waals surface area contributed by atoms with E-state index < -0.39 is 0 Å². The van der Waals surface area contributed by atoms with Crippen LogP contribution in [0.1, 0.15) is 19.4 Å². The molecule has 3 nitrogen and oxygen atoms in total. The summed E-state index contributed by atoms with van der Waals surface area (Å²) < 4.78 is 2.27. The van der Waals surface area contributed by atoms with Crippen molar-refractivity contribution in [3.63, 3.8) is 0 Å². The van der Waals surface area contributed by atoms with Crippen molar-refractivity contribution >= 4 is 16.6 Å². The smallest absolute Gasteiger partial charge is 0.117 e. The SMILES string of the molecule is CN1c2cc(O)ccc2-c2c(c3ccccc3n2C)C1(C)C. The molecule has 0 aliphatic carbocycles. The van der Waals surface area contributed by atoms with E-state index in [1.807, 2.05) is 12.1 Å². The van der Waals surface area contributed by atoms with E-state index in [9.17, 15) is 5.11 Å². The Morgan fingerprint density at radius 1 is 1.00 bits per heavy atom. The summed E-state index contributed by atoms with van der Waals surface area (Å²) in [5, 5.41) is 11.2. The predicted octanol–water partition coefficient (Wildman–Crippen LogP) is 4.24. The average Bonchev–Trinajstić information content (AvgIpc) is 2.80. The standard InChI is InChI=1S/C19H20N2O/c1-19(2)17-13-7-5-6-8-15(13)20(3)18(17)14-10-9-12(22)11-16(14)21(19)4/h5-11,22H,1-4H3. The lowest BCUT2D eigenvalue weighted by atomic mass is 9.83. The maximum absolute atomic E-state index is 9.90. The Kier molecular flexibility index (Phi) is 2.45. The molecule has 2 heterocycles. The third-order valence-corrected chi connectivity index (χ3v) is 5.16. The third-order valence-electron chi connectivity index (χ3n) is 5.16. The number of aromatic nitrogens is 1. The molecule has 0 saturated carbocycles. The normalized spacial score (nSPS) is 15.7. The quantitative estimate of drug-likeness (QED) is 0.671. The minimum absolute atomic E-state index is 0.142. The number of benzene rings is 2. The van der Waals surface area contributed by atoms with E-state index in [0.717, 1.165) is 5.69 Å². The van der Waals surface area contributed by atoms with E-state index in [0.29, 0.717) is 5.75 Å². The zero-order valence-electron chi connectivity index (χ0n) is 13.4. The van der Waals surface area contributed by atoms with Crippen molar-refractivity contribution in [1.82, 2.24) is 4.57 Å². The van der Waals surface area contributed by atoms with E-state index in [1.54, 1.807) is 6.07 Å². The Balaban J connectivity index is 2.21. The van der Waals surface area contributed by atoms with E-state index in [4.69, 9.17) is 0 Å². The number of hydrogen-bond acceptors (Lipinski definition) is 2. The van der Waals surface area contributed by atoms with Crippen molar-refractivity contribution in [2.24, 2.45) is 7.05 Å². The van der Waals surface area contributed by atoms with Gasteiger partial charge in [-0.05, 0) is 32.0 Å². The fraction of sp³-hybridized carbons (Fsp3) is 0.263. The van der Waals surface area contributed by atoms with E-state index >= 15 is 0 Å². The fourth-order valence-electron chi connectivity index (χ4n) is 3.79. The maximum Gasteiger partial charge on any atom is 0.117 e. The molecule has 4 rings (SSSR count). The minimum atomic E-state index is -0.142. The first-order valence-corrected chi connectivity index (χ1v) is 7.58. The largest absolute Gasteiger partial charge is 0.508 e. The molecule has 2 aromatic carbocycles. The number of phenols is 1. The van der Waals surface area contributed by atoms with Crippen molar-refractivity contribution in [2.75, 3.05) is 11.9 Å². The van der Waals surface area contributed by atoms with Gasteiger partial charge in [0.15, 0.2) is 0 Å². The molecule has 0 unspecified atom stereocenters. The van der Waals surface area contributed by atoms with Crippen LogP contribution >= 0.6 is 0 Å². The van der Waals surface area contributed by atoms with Gasteiger partial charge in [-0.15, -0.1) is 0 Å². The summed E-state index contributed by atoms with van der Waals surface area (Å²) in [7, 11) is 4.22. The maximum atomic E-state index is 9.90. The monoisotopic (exact) mass is 292 g/mol. The highest BCUT2D eigenvalue weighted by Gasteiger charge is 2.39. The van der Waals surface area contributed by atoms with Crippen LogP contribution in [0.3, 0.4) is 0 Å². The van der Waals surface area contributed by atoms with Crippen LogP contribution < -0.4 is 4.90 Å². The summed E-state index contributed by atoms with van der Waals surface area (Å²) in [6.07, 6.45) is 0. The summed E-state index contributed by atoms with van der Waals surface area (Å²) in [6.45, 7) is 4.48. The second-order valence-electron chi connectivity index (χ2n) is 6.62. The van der Waals surface area contributed by atoms with Crippen LogP contribution in [0.25, 0.3) is 22.2 Å². The third kappa shape index (κ3) is 1.46. The van der Waals surface area contributed by atoms with Gasteiger partial charge in [0, 0.05) is 42.2 Å². The van der Waals surface area contributed by atoms with Gasteiger partial charge >= 0.3 is 0 Å². The number of fused-ring (bicyclic) bond motifs is 5. The molecule has 1 aromatic heterocycles. The highest BCUT2D eigenvalue weighted by Crippen LogP contribution is 2.51. The molecule has 3 heteroatoms. The summed E-state index contributed by atoms with van der Waals surface area (Å²) in [6, 6.07) is 14.2. The predicted molar refractivity (Wildman–Crippen MR) is 91.4 cm³/mol. The lowest BCUT2D eigenvalue weighted by Gasteiger charge is -2.43. The number of hydrogen-bond donors (Lipinski definition) is 1. The van der Waals surface area contributed by atoms with Gasteiger partial charge in [0.2, 0.25) is 0 Å². The van der Waals surface area contributed by atoms with E-state index in [-0.39, 0.29) is 5.54 Å². The number of nitrogens with zero attached hydrogens (tertiary/aromatic N) is 2. The molecule has 0 bridgehead atoms. The summed E-state index contributed by atoms with van der Waals surface area (Å²) >= 11 is 0. The Hall–Kier alpha value is -2.42. The van der Waals surface area contributed by atoms with Gasteiger partial charge in [0.25, 0.3) is 0 Å². The molecule has 22 heavy (non-hydrogen) atoms. The lowest BCUT2D eigenvalue weighted by molar-refractivity contribution is 0.472. The van der Waals surface area contributed by atoms with Crippen molar-refractivity contribution in [3.8, 4) is 17.0 Å². The lowest BCUT2D eigenvalue weighted by Crippen LogP contribution is -2.41. The molecule has 0 saturated heterocycles. The molecule has 0 radical (unpaired) electrons. The molecule has 0 spiro atoms. The van der Waals surface area contributed by atoms with Crippen LogP contribution in [0.15, 0.2) is 42.5 Å². The number of rotatable bonds is 0. The van der Waals surface area contributed by atoms with Crippen LogP contribution in [0.2, 0.25) is 0 Å². The van der Waals surface area contributed by atoms with Crippen LogP contribution in [0.4, 0.5) is 5.69 Å². The van der Waals surface area contributed by atoms with Gasteiger partial charge < -0.3 is 14.6 Å². The average molecular weight is 292 g/mol. The van der Waals surface area contributed by atoms with Crippen LogP contribution in [0, 0.1) is 0 Å². The van der Waals surface area contributed by atoms with E-state index in [1.165, 1.54) is 27.7 Å². The number of para-hydroxylation sites is 1. The first kappa shape index (κ1) is 13.3. The van der Waals surface area contributed by atoms with Crippen LogP contribution in [0.5, 0.6) is 5.75 Å². The van der Waals surface area contributed by atoms with E-state index in [2.05, 4.69) is 61.7 Å². The molecule has 0 fully saturated rings. The Bertz CT molecular complexity index is 905. The van der Waals surface area contributed by atoms with Crippen molar-refractivity contribution in [2.45, 2.75) is 19.4 Å². The molecule has 112 valence electrons. The van der Waals surface area contributed by atoms with Gasteiger partial charge in [-0.2, -0.15) is 0 Å². The van der Waals surface area contributed by atoms with Crippen LogP contribution in [-0.2, 0) is 12.6 Å². The molecule has 0 atom stereocenters. The summed E-state index contributed by atoms with van der Waals surface area (Å²) in [5.41, 5.74) is 5.95. The Morgan fingerprint density at radius 2 is 1.73 bits per heavy atom. The molecule has 0 amide bonds. The van der Waals surface area contributed by atoms with Gasteiger partial charge in [-0.3, -0.25) is 0 Å². The number of phenolic OH excluding ortho intramolecular Hbond substituents is 1. The van der Waals surface area contributed by atoms with Crippen LogP contribution in [-0.4, -0.2) is 16.7 Å². The summed E-state index contributed by atoms with van der Waals surface area (Å²) in [4.78, 5) is 2.26. The Morgan fingerprint density at radius 3 is 2.50 bits per heavy atom. The first-order valence-electron chi connectivity index (χ1n) is 7.58. The second-order valence-corrected chi connectivity index (χ2v) is 6.62. The van der Waals surface area contributed by atoms with Gasteiger partial charge in [0.05, 0.1) is 16.9 Å². The molecular weight excluding hydrogens is 272 g/mol. The number of aromatic hydroxyl groups is 1. The summed E-state index contributed by atoms with van der Waals surface area (Å²) in [5.74, 6) is 0.309. The fourth-order valence-corrected chi connectivity index (χ4v) is 3.79. The van der Waals surface area contributed by atoms with Crippen molar-refractivity contribution in [3.05, 3.63) is 48.0 Å². The molecule has 3 aromatic rings. The zero-order chi connectivity index (χ0) is 15.6. The van der Waals surface area contributed by atoms with Gasteiger partial charge in [0.1, 0.15) is 5.75 Å². The molecule has 1 aliphatic heterocycles. The highest BCUT2D eigenvalue weighted by atomic mass is 16.3. The first-order chi connectivity index (χ1) is 10.4. The van der Waals surface area contributed by atoms with Crippen molar-refractivity contribution in [1.29, 1.82) is 0 Å². The second kappa shape index (κ2) is 4.07. The molecule has 1 aliphatic rings. The topological polar surface area (TPSA) is 28.4 Å². The van der Waals surface area contributed by atoms with Gasteiger partial charge in [-0.1, -0.05) is 18.2 Å². The Labute approximate surface area is 130 Å². The number of anilines is 1.